The zero-order valence-electron chi connectivity index (χ0n) is 20.9. The van der Waals surface area contributed by atoms with Crippen LogP contribution in [0, 0.1) is 17.3 Å². The van der Waals surface area contributed by atoms with Crippen molar-refractivity contribution in [3.05, 3.63) is 58.2 Å². The van der Waals surface area contributed by atoms with Crippen LogP contribution in [0.15, 0.2) is 47.1 Å². The third kappa shape index (κ3) is 3.31. The molecule has 1 aromatic rings. The average molecular weight is 477 g/mol. The largest absolute Gasteiger partial charge is 0.344 e. The number of rotatable bonds is 2. The summed E-state index contributed by atoms with van der Waals surface area (Å²) in [7, 11) is 0. The van der Waals surface area contributed by atoms with E-state index in [-0.39, 0.29) is 11.3 Å². The quantitative estimate of drug-likeness (QED) is 0.560. The molecule has 35 heavy (non-hydrogen) atoms. The van der Waals surface area contributed by atoms with Crippen molar-refractivity contribution in [3.8, 4) is 0 Å². The van der Waals surface area contributed by atoms with Gasteiger partial charge in [-0.25, -0.2) is 0 Å². The third-order valence-corrected chi connectivity index (χ3v) is 10.1. The van der Waals surface area contributed by atoms with E-state index < -0.39 is 11.6 Å². The number of allylic oxidation sites excluding steroid dienone is 3. The molecule has 2 aliphatic heterocycles. The molecular weight excluding hydrogens is 440 g/mol. The third-order valence-electron chi connectivity index (χ3n) is 10.1. The summed E-state index contributed by atoms with van der Waals surface area (Å²) in [5, 5.41) is 0. The molecule has 2 saturated carbocycles. The molecule has 5 heteroatoms. The van der Waals surface area contributed by atoms with Crippen molar-refractivity contribution in [1.82, 2.24) is 0 Å². The van der Waals surface area contributed by atoms with Crippen LogP contribution < -0.4 is 0 Å². The first-order chi connectivity index (χ1) is 16.9. The Labute approximate surface area is 207 Å². The number of Topliss-reactive ketones (excluding diaryl/α,β-unsaturated/α-hetero) is 1. The molecule has 0 amide bonds. The standard InChI is InChI=1S/C30H36O5/c1-28-18-24(19-3-6-21(7-4-19)29(2)32-13-14-33-29)27-22-11-12-30(34-15-16-35-30)17-20(22)5-8-23(27)25(28)9-10-26(28)31/h3-4,6-7,17,23-25H,5,8-16,18H2,1-2H3/t23?,24-,25?,28+/m1/s1. The fraction of sp³-hybridized carbons (Fsp3) is 0.633. The number of ketones is 1. The van der Waals surface area contributed by atoms with Crippen molar-refractivity contribution in [2.45, 2.75) is 76.3 Å². The van der Waals surface area contributed by atoms with Crippen molar-refractivity contribution in [3.63, 3.8) is 0 Å². The summed E-state index contributed by atoms with van der Waals surface area (Å²) >= 11 is 0. The minimum Gasteiger partial charge on any atom is -0.344 e. The molecule has 4 aliphatic carbocycles. The van der Waals surface area contributed by atoms with E-state index in [0.29, 0.717) is 44.0 Å². The molecule has 0 aromatic heterocycles. The first kappa shape index (κ1) is 22.4. The highest BCUT2D eigenvalue weighted by Gasteiger charge is 2.57. The lowest BCUT2D eigenvalue weighted by Crippen LogP contribution is -2.44. The van der Waals surface area contributed by atoms with Crippen molar-refractivity contribution in [2.75, 3.05) is 26.4 Å². The maximum Gasteiger partial charge on any atom is 0.192 e. The number of carbonyl (C=O) groups is 1. The van der Waals surface area contributed by atoms with Crippen LogP contribution in [0.2, 0.25) is 0 Å². The summed E-state index contributed by atoms with van der Waals surface area (Å²) in [6.07, 6.45) is 9.09. The zero-order chi connectivity index (χ0) is 23.8. The minimum atomic E-state index is -0.659. The minimum absolute atomic E-state index is 0.212. The molecule has 2 saturated heterocycles. The Morgan fingerprint density at radius 1 is 0.857 bits per heavy atom. The molecule has 4 fully saturated rings. The normalized spacial score (nSPS) is 37.3. The molecule has 1 spiro atoms. The van der Waals surface area contributed by atoms with Crippen molar-refractivity contribution < 1.29 is 23.7 Å². The molecule has 6 aliphatic rings. The number of carbonyl (C=O) groups excluding carboxylic acids is 1. The molecule has 0 bridgehead atoms. The first-order valence-corrected chi connectivity index (χ1v) is 13.6. The van der Waals surface area contributed by atoms with Gasteiger partial charge in [0.1, 0.15) is 5.78 Å². The van der Waals surface area contributed by atoms with Gasteiger partial charge in [-0.3, -0.25) is 4.79 Å². The van der Waals surface area contributed by atoms with E-state index in [2.05, 4.69) is 37.3 Å². The first-order valence-electron chi connectivity index (χ1n) is 13.6. The van der Waals surface area contributed by atoms with Gasteiger partial charge in [-0.1, -0.05) is 36.8 Å². The lowest BCUT2D eigenvalue weighted by molar-refractivity contribution is -0.149. The van der Waals surface area contributed by atoms with Gasteiger partial charge in [0.05, 0.1) is 26.4 Å². The molecule has 5 nitrogen and oxygen atoms in total. The Balaban J connectivity index is 1.32. The van der Waals surface area contributed by atoms with Crippen LogP contribution in [0.4, 0.5) is 0 Å². The van der Waals surface area contributed by atoms with Crippen LogP contribution in [0.25, 0.3) is 0 Å². The molecule has 0 radical (unpaired) electrons. The summed E-state index contributed by atoms with van der Waals surface area (Å²) in [6, 6.07) is 8.86. The van der Waals surface area contributed by atoms with Gasteiger partial charge >= 0.3 is 0 Å². The second kappa shape index (κ2) is 7.85. The van der Waals surface area contributed by atoms with Gasteiger partial charge in [0, 0.05) is 29.7 Å². The lowest BCUT2D eigenvalue weighted by Gasteiger charge is -2.51. The van der Waals surface area contributed by atoms with Crippen LogP contribution in [0.3, 0.4) is 0 Å². The van der Waals surface area contributed by atoms with E-state index in [1.807, 2.05) is 6.92 Å². The Morgan fingerprint density at radius 3 is 2.31 bits per heavy atom. The van der Waals surface area contributed by atoms with Gasteiger partial charge in [-0.15, -0.1) is 0 Å². The van der Waals surface area contributed by atoms with Gasteiger partial charge in [0.15, 0.2) is 11.6 Å². The maximum atomic E-state index is 13.2. The SMILES string of the molecule is CC1(c2ccc([C@H]3C[C@]4(C)C(=O)CCC4C4CCC5=CC6(CCC5=C43)OCCO6)cc2)OCCO1. The van der Waals surface area contributed by atoms with Crippen LogP contribution >= 0.6 is 0 Å². The summed E-state index contributed by atoms with van der Waals surface area (Å²) in [6.45, 7) is 6.89. The molecule has 4 atom stereocenters. The number of fused-ring (bicyclic) bond motifs is 4. The van der Waals surface area contributed by atoms with Crippen LogP contribution in [0.5, 0.6) is 0 Å². The van der Waals surface area contributed by atoms with E-state index in [0.717, 1.165) is 50.5 Å². The van der Waals surface area contributed by atoms with E-state index in [1.54, 1.807) is 5.57 Å². The van der Waals surface area contributed by atoms with Gasteiger partial charge in [0.25, 0.3) is 0 Å². The van der Waals surface area contributed by atoms with Gasteiger partial charge in [-0.2, -0.15) is 0 Å². The van der Waals surface area contributed by atoms with E-state index in [1.165, 1.54) is 16.7 Å². The zero-order valence-corrected chi connectivity index (χ0v) is 20.9. The Hall–Kier alpha value is -1.79. The number of hydrogen-bond donors (Lipinski definition) is 0. The van der Waals surface area contributed by atoms with Crippen LogP contribution in [-0.2, 0) is 29.5 Å². The number of benzene rings is 1. The number of ether oxygens (including phenoxy) is 4. The molecule has 0 N–H and O–H groups in total. The Morgan fingerprint density at radius 2 is 1.57 bits per heavy atom. The predicted molar refractivity (Wildman–Crippen MR) is 131 cm³/mol. The van der Waals surface area contributed by atoms with Crippen molar-refractivity contribution >= 4 is 5.78 Å². The van der Waals surface area contributed by atoms with Gasteiger partial charge in [0.2, 0.25) is 0 Å². The van der Waals surface area contributed by atoms with E-state index in [9.17, 15) is 4.79 Å². The Kier molecular flexibility index (Phi) is 5.03. The molecule has 1 aromatic carbocycles. The monoisotopic (exact) mass is 476 g/mol. The molecule has 2 heterocycles. The predicted octanol–water partition coefficient (Wildman–Crippen LogP) is 5.55. The summed E-state index contributed by atoms with van der Waals surface area (Å²) in [5.74, 6) is 0.554. The number of hydrogen-bond acceptors (Lipinski definition) is 5. The van der Waals surface area contributed by atoms with Gasteiger partial charge < -0.3 is 18.9 Å². The van der Waals surface area contributed by atoms with E-state index in [4.69, 9.17) is 18.9 Å². The summed E-state index contributed by atoms with van der Waals surface area (Å²) in [4.78, 5) is 13.2. The highest BCUT2D eigenvalue weighted by Crippen LogP contribution is 2.63. The smallest absolute Gasteiger partial charge is 0.192 e. The Bertz CT molecular complexity index is 1100. The molecular formula is C30H36O5. The van der Waals surface area contributed by atoms with Crippen LogP contribution in [-0.4, -0.2) is 38.0 Å². The van der Waals surface area contributed by atoms with Gasteiger partial charge in [-0.05, 0) is 73.6 Å². The molecule has 7 rings (SSSR count). The maximum absolute atomic E-state index is 13.2. The topological polar surface area (TPSA) is 54.0 Å². The van der Waals surface area contributed by atoms with Crippen molar-refractivity contribution in [2.24, 2.45) is 17.3 Å². The second-order valence-electron chi connectivity index (χ2n) is 11.8. The molecule has 186 valence electrons. The summed E-state index contributed by atoms with van der Waals surface area (Å²) in [5.41, 5.74) is 6.74. The van der Waals surface area contributed by atoms with E-state index >= 15 is 0 Å². The summed E-state index contributed by atoms with van der Waals surface area (Å²) < 4.78 is 23.9. The van der Waals surface area contributed by atoms with Crippen molar-refractivity contribution in [1.29, 1.82) is 0 Å². The highest BCUT2D eigenvalue weighted by atomic mass is 16.7. The van der Waals surface area contributed by atoms with Crippen LogP contribution in [0.1, 0.15) is 75.8 Å². The lowest BCUT2D eigenvalue weighted by atomic mass is 9.53. The average Bonchev–Trinajstić information content (AvgIpc) is 3.59. The fourth-order valence-electron chi connectivity index (χ4n) is 8.25. The fourth-order valence-corrected chi connectivity index (χ4v) is 8.25. The highest BCUT2D eigenvalue weighted by molar-refractivity contribution is 5.87. The molecule has 2 unspecified atom stereocenters. The second-order valence-corrected chi connectivity index (χ2v) is 11.8.